The Labute approximate surface area is 160 Å². The zero-order valence-corrected chi connectivity index (χ0v) is 15.2. The van der Waals surface area contributed by atoms with Crippen LogP contribution in [0, 0.1) is 0 Å². The Morgan fingerprint density at radius 3 is 2.44 bits per heavy atom. The monoisotopic (exact) mass is 384 g/mol. The van der Waals surface area contributed by atoms with Gasteiger partial charge in [0.1, 0.15) is 5.56 Å². The van der Waals surface area contributed by atoms with Gasteiger partial charge in [0.05, 0.1) is 18.5 Å². The van der Waals surface area contributed by atoms with Crippen molar-refractivity contribution in [3.8, 4) is 5.69 Å². The molecule has 27 heavy (non-hydrogen) atoms. The molecule has 0 radical (unpaired) electrons. The molecule has 0 fully saturated rings. The molecule has 1 heterocycles. The van der Waals surface area contributed by atoms with Gasteiger partial charge in [-0.05, 0) is 43.3 Å². The van der Waals surface area contributed by atoms with Gasteiger partial charge in [-0.1, -0.05) is 29.8 Å². The van der Waals surface area contributed by atoms with Gasteiger partial charge in [-0.2, -0.15) is 5.10 Å². The van der Waals surface area contributed by atoms with E-state index in [4.69, 9.17) is 16.3 Å². The minimum Gasteiger partial charge on any atom is -0.462 e. The molecule has 0 aliphatic heterocycles. The van der Waals surface area contributed by atoms with E-state index in [1.54, 1.807) is 31.2 Å². The van der Waals surface area contributed by atoms with Gasteiger partial charge in [0.2, 0.25) is 0 Å². The Bertz CT molecular complexity index is 939. The first-order chi connectivity index (χ1) is 13.1. The van der Waals surface area contributed by atoms with Gasteiger partial charge in [0, 0.05) is 10.7 Å². The van der Waals surface area contributed by atoms with Crippen LogP contribution < -0.4 is 10.6 Å². The molecule has 3 rings (SSSR count). The molecule has 8 heteroatoms. The highest BCUT2D eigenvalue weighted by Gasteiger charge is 2.21. The number of benzene rings is 2. The smallest absolute Gasteiger partial charge is 0.343 e. The molecule has 2 aromatic carbocycles. The lowest BCUT2D eigenvalue weighted by atomic mass is 10.3. The van der Waals surface area contributed by atoms with E-state index < -0.39 is 12.0 Å². The largest absolute Gasteiger partial charge is 0.462 e. The van der Waals surface area contributed by atoms with Crippen LogP contribution in [0.25, 0.3) is 5.69 Å². The molecule has 7 nitrogen and oxygen atoms in total. The maximum absolute atomic E-state index is 12.4. The molecule has 2 N–H and O–H groups in total. The van der Waals surface area contributed by atoms with Crippen LogP contribution in [0.1, 0.15) is 17.3 Å². The highest BCUT2D eigenvalue weighted by Crippen LogP contribution is 2.22. The molecular weight excluding hydrogens is 368 g/mol. The van der Waals surface area contributed by atoms with Crippen LogP contribution in [0.3, 0.4) is 0 Å². The number of aromatic nitrogens is 2. The molecule has 0 aliphatic carbocycles. The maximum Gasteiger partial charge on any atom is 0.343 e. The van der Waals surface area contributed by atoms with Crippen molar-refractivity contribution in [1.82, 2.24) is 9.78 Å². The van der Waals surface area contributed by atoms with Crippen LogP contribution >= 0.6 is 11.6 Å². The maximum atomic E-state index is 12.4. The van der Waals surface area contributed by atoms with E-state index in [0.717, 1.165) is 0 Å². The second-order valence-electron chi connectivity index (χ2n) is 5.46. The summed E-state index contributed by atoms with van der Waals surface area (Å²) in [5, 5.41) is 10.1. The number of anilines is 2. The second kappa shape index (κ2) is 8.37. The lowest BCUT2D eigenvalue weighted by Gasteiger charge is -2.12. The number of hydrogen-bond donors (Lipinski definition) is 2. The van der Waals surface area contributed by atoms with Gasteiger partial charge in [-0.15, -0.1) is 0 Å². The predicted octanol–water partition coefficient (Wildman–Crippen LogP) is 4.35. The quantitative estimate of drug-likeness (QED) is 0.640. The van der Waals surface area contributed by atoms with E-state index in [2.05, 4.69) is 15.7 Å². The molecule has 0 saturated carbocycles. The number of carbonyl (C=O) groups excluding carboxylic acids is 2. The second-order valence-corrected chi connectivity index (χ2v) is 5.90. The number of nitrogens with zero attached hydrogens (tertiary/aromatic N) is 2. The van der Waals surface area contributed by atoms with Gasteiger partial charge in [0.25, 0.3) is 0 Å². The number of ether oxygens (including phenoxy) is 1. The Hall–Kier alpha value is -3.32. The number of rotatable bonds is 5. The van der Waals surface area contributed by atoms with Crippen molar-refractivity contribution in [3.05, 3.63) is 71.4 Å². The topological polar surface area (TPSA) is 85.2 Å². The minimum absolute atomic E-state index is 0.159. The first kappa shape index (κ1) is 18.5. The third kappa shape index (κ3) is 4.45. The Morgan fingerprint density at radius 2 is 1.78 bits per heavy atom. The van der Waals surface area contributed by atoms with Crippen LogP contribution in [0.2, 0.25) is 5.02 Å². The third-order valence-electron chi connectivity index (χ3n) is 3.60. The van der Waals surface area contributed by atoms with Crippen LogP contribution in [0.15, 0.2) is 60.8 Å². The van der Waals surface area contributed by atoms with Crippen molar-refractivity contribution in [2.75, 3.05) is 17.2 Å². The van der Waals surface area contributed by atoms with Crippen molar-refractivity contribution in [3.63, 3.8) is 0 Å². The fourth-order valence-electron chi connectivity index (χ4n) is 2.40. The summed E-state index contributed by atoms with van der Waals surface area (Å²) in [6.07, 6.45) is 1.36. The van der Waals surface area contributed by atoms with E-state index in [0.29, 0.717) is 16.4 Å². The molecule has 0 aliphatic rings. The fraction of sp³-hybridized carbons (Fsp3) is 0.105. The number of amides is 2. The first-order valence-corrected chi connectivity index (χ1v) is 8.60. The Balaban J connectivity index is 1.89. The van der Waals surface area contributed by atoms with Crippen LogP contribution in [0.4, 0.5) is 16.3 Å². The predicted molar refractivity (Wildman–Crippen MR) is 104 cm³/mol. The van der Waals surface area contributed by atoms with Gasteiger partial charge in [-0.25, -0.2) is 14.3 Å². The SMILES string of the molecule is CCOC(=O)c1cnn(-c2ccccc2)c1NC(=O)Nc1ccc(Cl)cc1. The van der Waals surface area contributed by atoms with E-state index in [9.17, 15) is 9.59 Å². The highest BCUT2D eigenvalue weighted by molar-refractivity contribution is 6.30. The number of nitrogens with one attached hydrogen (secondary N) is 2. The van der Waals surface area contributed by atoms with Crippen molar-refractivity contribution in [1.29, 1.82) is 0 Å². The molecule has 0 unspecified atom stereocenters. The molecule has 2 amide bonds. The van der Waals surface area contributed by atoms with Crippen LogP contribution in [-0.4, -0.2) is 28.4 Å². The van der Waals surface area contributed by atoms with E-state index in [1.165, 1.54) is 10.9 Å². The average molecular weight is 385 g/mol. The van der Waals surface area contributed by atoms with E-state index >= 15 is 0 Å². The number of para-hydroxylation sites is 1. The van der Waals surface area contributed by atoms with Gasteiger partial charge < -0.3 is 10.1 Å². The zero-order valence-electron chi connectivity index (χ0n) is 14.5. The normalized spacial score (nSPS) is 10.3. The summed E-state index contributed by atoms with van der Waals surface area (Å²) in [6.45, 7) is 1.92. The Kier molecular flexibility index (Phi) is 5.73. The van der Waals surface area contributed by atoms with Gasteiger partial charge >= 0.3 is 12.0 Å². The number of carbonyl (C=O) groups is 2. The summed E-state index contributed by atoms with van der Waals surface area (Å²) < 4.78 is 6.52. The standard InChI is InChI=1S/C19H17ClN4O3/c1-2-27-18(25)16-12-21-24(15-6-4-3-5-7-15)17(16)23-19(26)22-14-10-8-13(20)9-11-14/h3-12H,2H2,1H3,(H2,22,23,26). The highest BCUT2D eigenvalue weighted by atomic mass is 35.5. The number of hydrogen-bond acceptors (Lipinski definition) is 4. The number of esters is 1. The minimum atomic E-state index is -0.568. The summed E-state index contributed by atoms with van der Waals surface area (Å²) >= 11 is 5.85. The van der Waals surface area contributed by atoms with Gasteiger partial charge in [0.15, 0.2) is 5.82 Å². The molecule has 0 saturated heterocycles. The number of halogens is 1. The van der Waals surface area contributed by atoms with Crippen molar-refractivity contribution >= 4 is 35.1 Å². The lowest BCUT2D eigenvalue weighted by Crippen LogP contribution is -2.23. The van der Waals surface area contributed by atoms with Gasteiger partial charge in [-0.3, -0.25) is 5.32 Å². The molecule has 0 atom stereocenters. The summed E-state index contributed by atoms with van der Waals surface area (Å²) in [7, 11) is 0. The summed E-state index contributed by atoms with van der Waals surface area (Å²) in [5.41, 5.74) is 1.40. The average Bonchev–Trinajstić information content (AvgIpc) is 3.08. The molecule has 3 aromatic rings. The summed E-state index contributed by atoms with van der Waals surface area (Å²) in [5.74, 6) is -0.354. The Morgan fingerprint density at radius 1 is 1.07 bits per heavy atom. The molecule has 1 aromatic heterocycles. The zero-order chi connectivity index (χ0) is 19.2. The summed E-state index contributed by atoms with van der Waals surface area (Å²) in [6, 6.07) is 15.3. The summed E-state index contributed by atoms with van der Waals surface area (Å²) in [4.78, 5) is 24.7. The first-order valence-electron chi connectivity index (χ1n) is 8.22. The van der Waals surface area contributed by atoms with Crippen molar-refractivity contribution < 1.29 is 14.3 Å². The van der Waals surface area contributed by atoms with Crippen LogP contribution in [-0.2, 0) is 4.74 Å². The van der Waals surface area contributed by atoms with E-state index in [-0.39, 0.29) is 18.0 Å². The van der Waals surface area contributed by atoms with Crippen molar-refractivity contribution in [2.24, 2.45) is 0 Å². The molecule has 0 spiro atoms. The lowest BCUT2D eigenvalue weighted by molar-refractivity contribution is 0.0527. The number of urea groups is 1. The molecule has 0 bridgehead atoms. The third-order valence-corrected chi connectivity index (χ3v) is 3.85. The fourth-order valence-corrected chi connectivity index (χ4v) is 2.52. The van der Waals surface area contributed by atoms with Crippen molar-refractivity contribution in [2.45, 2.75) is 6.92 Å². The molecule has 138 valence electrons. The molecular formula is C19H17ClN4O3. The van der Waals surface area contributed by atoms with Crippen LogP contribution in [0.5, 0.6) is 0 Å². The van der Waals surface area contributed by atoms with E-state index in [1.807, 2.05) is 30.3 Å².